The van der Waals surface area contributed by atoms with Gasteiger partial charge in [0.2, 0.25) is 0 Å². The molecule has 1 unspecified atom stereocenters. The molecule has 2 N–H and O–H groups in total. The third kappa shape index (κ3) is 2.11. The van der Waals surface area contributed by atoms with Crippen LogP contribution in [0, 0.1) is 6.92 Å². The number of amides is 2. The highest BCUT2D eigenvalue weighted by molar-refractivity contribution is 7.15. The Hall–Kier alpha value is -1.81. The second kappa shape index (κ2) is 4.46. The van der Waals surface area contributed by atoms with E-state index >= 15 is 0 Å². The van der Waals surface area contributed by atoms with Crippen molar-refractivity contribution in [1.82, 2.24) is 10.6 Å². The fraction of sp³-hybridized carbons (Fsp3) is 0.214. The first-order valence-electron chi connectivity index (χ1n) is 5.93. The minimum absolute atomic E-state index is 0.0852. The summed E-state index contributed by atoms with van der Waals surface area (Å²) in [6.45, 7) is 2.78. The molecule has 0 spiro atoms. The van der Waals surface area contributed by atoms with Gasteiger partial charge in [0.1, 0.15) is 0 Å². The lowest BCUT2D eigenvalue weighted by Crippen LogP contribution is -2.21. The number of benzene rings is 1. The SMILES string of the molecule is Cc1ccc(-c2ccc(C3CNC(=O)N3)cc2)s1. The highest BCUT2D eigenvalue weighted by Crippen LogP contribution is 2.28. The molecule has 1 aliphatic heterocycles. The van der Waals surface area contributed by atoms with Crippen LogP contribution in [0.25, 0.3) is 10.4 Å². The van der Waals surface area contributed by atoms with Gasteiger partial charge in [-0.05, 0) is 30.2 Å². The summed E-state index contributed by atoms with van der Waals surface area (Å²) in [6.07, 6.45) is 0. The van der Waals surface area contributed by atoms with Crippen molar-refractivity contribution in [3.8, 4) is 10.4 Å². The van der Waals surface area contributed by atoms with Crippen LogP contribution >= 0.6 is 11.3 Å². The first kappa shape index (κ1) is 11.3. The Morgan fingerprint density at radius 3 is 2.50 bits per heavy atom. The van der Waals surface area contributed by atoms with Gasteiger partial charge in [-0.3, -0.25) is 0 Å². The van der Waals surface area contributed by atoms with Crippen LogP contribution in [0.4, 0.5) is 4.79 Å². The van der Waals surface area contributed by atoms with Crippen molar-refractivity contribution in [3.05, 3.63) is 46.8 Å². The van der Waals surface area contributed by atoms with Gasteiger partial charge in [0.15, 0.2) is 0 Å². The van der Waals surface area contributed by atoms with Gasteiger partial charge in [-0.2, -0.15) is 0 Å². The second-order valence-corrected chi connectivity index (χ2v) is 5.73. The summed E-state index contributed by atoms with van der Waals surface area (Å²) in [5, 5.41) is 5.66. The number of aryl methyl sites for hydroxylation is 1. The number of carbonyl (C=O) groups excluding carboxylic acids is 1. The van der Waals surface area contributed by atoms with E-state index in [4.69, 9.17) is 0 Å². The van der Waals surface area contributed by atoms with Gasteiger partial charge in [0.25, 0.3) is 0 Å². The molecule has 18 heavy (non-hydrogen) atoms. The van der Waals surface area contributed by atoms with Crippen LogP contribution in [-0.2, 0) is 0 Å². The van der Waals surface area contributed by atoms with E-state index < -0.39 is 0 Å². The largest absolute Gasteiger partial charge is 0.336 e. The van der Waals surface area contributed by atoms with Crippen LogP contribution in [0.3, 0.4) is 0 Å². The predicted octanol–water partition coefficient (Wildman–Crippen LogP) is 3.08. The Morgan fingerprint density at radius 1 is 1.17 bits per heavy atom. The number of hydrogen-bond acceptors (Lipinski definition) is 2. The molecule has 1 fully saturated rings. The Morgan fingerprint density at radius 2 is 1.94 bits per heavy atom. The average Bonchev–Trinajstić information content (AvgIpc) is 2.98. The van der Waals surface area contributed by atoms with E-state index in [1.54, 1.807) is 11.3 Å². The molecular weight excluding hydrogens is 244 g/mol. The maximum atomic E-state index is 11.1. The van der Waals surface area contributed by atoms with Crippen LogP contribution in [-0.4, -0.2) is 12.6 Å². The summed E-state index contributed by atoms with van der Waals surface area (Å²) in [5.41, 5.74) is 2.37. The Kier molecular flexibility index (Phi) is 2.80. The van der Waals surface area contributed by atoms with E-state index in [2.05, 4.69) is 54.0 Å². The number of hydrogen-bond donors (Lipinski definition) is 2. The van der Waals surface area contributed by atoms with Crippen molar-refractivity contribution in [2.45, 2.75) is 13.0 Å². The fourth-order valence-electron chi connectivity index (χ4n) is 2.13. The smallest absolute Gasteiger partial charge is 0.315 e. The first-order chi connectivity index (χ1) is 8.72. The van der Waals surface area contributed by atoms with E-state index in [0.29, 0.717) is 6.54 Å². The summed E-state index contributed by atoms with van der Waals surface area (Å²) in [6, 6.07) is 12.7. The highest BCUT2D eigenvalue weighted by atomic mass is 32.1. The molecule has 0 bridgehead atoms. The molecule has 2 aromatic rings. The van der Waals surface area contributed by atoms with Gasteiger partial charge in [-0.15, -0.1) is 11.3 Å². The van der Waals surface area contributed by atoms with Gasteiger partial charge in [-0.1, -0.05) is 24.3 Å². The Bertz CT molecular complexity index is 574. The molecule has 3 nitrogen and oxygen atoms in total. The summed E-state index contributed by atoms with van der Waals surface area (Å²) >= 11 is 1.80. The summed E-state index contributed by atoms with van der Waals surface area (Å²) in [5.74, 6) is 0. The molecule has 92 valence electrons. The third-order valence-corrected chi connectivity index (χ3v) is 4.16. The van der Waals surface area contributed by atoms with Crippen molar-refractivity contribution in [1.29, 1.82) is 0 Å². The number of thiophene rings is 1. The number of rotatable bonds is 2. The average molecular weight is 258 g/mol. The van der Waals surface area contributed by atoms with E-state index in [1.807, 2.05) is 0 Å². The van der Waals surface area contributed by atoms with Crippen molar-refractivity contribution >= 4 is 17.4 Å². The minimum atomic E-state index is -0.0852. The molecule has 2 amide bonds. The van der Waals surface area contributed by atoms with Crippen LogP contribution in [0.2, 0.25) is 0 Å². The van der Waals surface area contributed by atoms with Gasteiger partial charge >= 0.3 is 6.03 Å². The fourth-order valence-corrected chi connectivity index (χ4v) is 3.00. The monoisotopic (exact) mass is 258 g/mol. The zero-order valence-electron chi connectivity index (χ0n) is 10.1. The molecule has 1 aromatic heterocycles. The van der Waals surface area contributed by atoms with Crippen LogP contribution in [0.15, 0.2) is 36.4 Å². The molecule has 0 radical (unpaired) electrons. The molecule has 1 saturated heterocycles. The lowest BCUT2D eigenvalue weighted by Gasteiger charge is -2.09. The second-order valence-electron chi connectivity index (χ2n) is 4.44. The molecule has 1 aliphatic rings. The quantitative estimate of drug-likeness (QED) is 0.854. The minimum Gasteiger partial charge on any atom is -0.336 e. The van der Waals surface area contributed by atoms with E-state index in [9.17, 15) is 4.79 Å². The zero-order chi connectivity index (χ0) is 12.5. The maximum absolute atomic E-state index is 11.1. The standard InChI is InChI=1S/C14H14N2OS/c1-9-2-7-13(18-9)11-5-3-10(4-6-11)12-8-15-14(17)16-12/h2-7,12H,8H2,1H3,(H2,15,16,17). The molecular formula is C14H14N2OS. The summed E-state index contributed by atoms with van der Waals surface area (Å²) in [7, 11) is 0. The maximum Gasteiger partial charge on any atom is 0.315 e. The van der Waals surface area contributed by atoms with Gasteiger partial charge in [0.05, 0.1) is 6.04 Å². The predicted molar refractivity (Wildman–Crippen MR) is 73.8 cm³/mol. The van der Waals surface area contributed by atoms with Crippen LogP contribution in [0.5, 0.6) is 0 Å². The van der Waals surface area contributed by atoms with E-state index in [1.165, 1.54) is 15.3 Å². The lowest BCUT2D eigenvalue weighted by molar-refractivity contribution is 0.247. The highest BCUT2D eigenvalue weighted by Gasteiger charge is 2.21. The summed E-state index contributed by atoms with van der Waals surface area (Å²) in [4.78, 5) is 13.7. The molecule has 3 rings (SSSR count). The van der Waals surface area contributed by atoms with Crippen LogP contribution < -0.4 is 10.6 Å². The van der Waals surface area contributed by atoms with Crippen molar-refractivity contribution in [3.63, 3.8) is 0 Å². The van der Waals surface area contributed by atoms with Crippen molar-refractivity contribution < 1.29 is 4.79 Å². The molecule has 2 heterocycles. The number of nitrogens with one attached hydrogen (secondary N) is 2. The molecule has 0 aliphatic carbocycles. The third-order valence-electron chi connectivity index (χ3n) is 3.11. The normalized spacial score (nSPS) is 18.5. The van der Waals surface area contributed by atoms with Gasteiger partial charge < -0.3 is 10.6 Å². The topological polar surface area (TPSA) is 41.1 Å². The Balaban J connectivity index is 1.83. The van der Waals surface area contributed by atoms with Crippen molar-refractivity contribution in [2.75, 3.05) is 6.54 Å². The summed E-state index contributed by atoms with van der Waals surface area (Å²) < 4.78 is 0. The van der Waals surface area contributed by atoms with E-state index in [0.717, 1.165) is 5.56 Å². The van der Waals surface area contributed by atoms with Crippen molar-refractivity contribution in [2.24, 2.45) is 0 Å². The first-order valence-corrected chi connectivity index (χ1v) is 6.75. The number of urea groups is 1. The zero-order valence-corrected chi connectivity index (χ0v) is 10.9. The molecule has 1 atom stereocenters. The van der Waals surface area contributed by atoms with Crippen LogP contribution in [0.1, 0.15) is 16.5 Å². The molecule has 1 aromatic carbocycles. The van der Waals surface area contributed by atoms with E-state index in [-0.39, 0.29) is 12.1 Å². The molecule has 0 saturated carbocycles. The number of carbonyl (C=O) groups is 1. The lowest BCUT2D eigenvalue weighted by atomic mass is 10.0. The molecule has 4 heteroatoms. The van der Waals surface area contributed by atoms with Gasteiger partial charge in [0, 0.05) is 16.3 Å². The Labute approximate surface area is 110 Å². The van der Waals surface area contributed by atoms with Gasteiger partial charge in [-0.25, -0.2) is 4.79 Å².